The molecule has 0 unspecified atom stereocenters. The molecule has 0 N–H and O–H groups in total. The zero-order chi connectivity index (χ0) is 16.4. The van der Waals surface area contributed by atoms with Gasteiger partial charge in [-0.3, -0.25) is 14.3 Å². The van der Waals surface area contributed by atoms with E-state index in [-0.39, 0.29) is 5.56 Å². The third-order valence-corrected chi connectivity index (χ3v) is 4.68. The smallest absolute Gasteiger partial charge is 0.256 e. The maximum atomic E-state index is 12.3. The topological polar surface area (TPSA) is 63.9 Å². The fraction of sp³-hybridized carbons (Fsp3) is 0.529. The van der Waals surface area contributed by atoms with Crippen LogP contribution in [0.15, 0.2) is 23.5 Å². The van der Waals surface area contributed by atoms with Gasteiger partial charge in [0.2, 0.25) is 0 Å². The minimum Gasteiger partial charge on any atom is -0.355 e. The first-order valence-electron chi connectivity index (χ1n) is 8.11. The van der Waals surface area contributed by atoms with Gasteiger partial charge in [0.05, 0.1) is 24.4 Å². The van der Waals surface area contributed by atoms with Gasteiger partial charge in [0.1, 0.15) is 5.82 Å². The van der Waals surface area contributed by atoms with Crippen molar-refractivity contribution < 1.29 is 0 Å². The van der Waals surface area contributed by atoms with Crippen LogP contribution in [0.1, 0.15) is 29.8 Å². The summed E-state index contributed by atoms with van der Waals surface area (Å²) in [5.41, 5.74) is 2.59. The molecule has 0 aromatic carbocycles. The summed E-state index contributed by atoms with van der Waals surface area (Å²) in [4.78, 5) is 27.6. The molecule has 0 aliphatic carbocycles. The van der Waals surface area contributed by atoms with Crippen LogP contribution in [0.5, 0.6) is 0 Å². The Kier molecular flexibility index (Phi) is 4.41. The normalized spacial score (nSPS) is 15.9. The molecule has 2 aromatic heterocycles. The van der Waals surface area contributed by atoms with E-state index in [0.717, 1.165) is 55.2 Å². The van der Waals surface area contributed by atoms with Crippen LogP contribution in [0.2, 0.25) is 0 Å². The van der Waals surface area contributed by atoms with Crippen molar-refractivity contribution in [3.05, 3.63) is 46.0 Å². The SMILES string of the molecule is Cc1cnc(N2CCC(Cn3cnc(C)c(C)c3=O)CC2)cn1. The average Bonchev–Trinajstić information content (AvgIpc) is 2.57. The zero-order valence-electron chi connectivity index (χ0n) is 14.0. The van der Waals surface area contributed by atoms with Gasteiger partial charge in [-0.25, -0.2) is 9.97 Å². The number of aryl methyl sites for hydroxylation is 2. The van der Waals surface area contributed by atoms with E-state index in [2.05, 4.69) is 19.9 Å². The predicted octanol–water partition coefficient (Wildman–Crippen LogP) is 1.88. The molecule has 0 amide bonds. The molecule has 2 aromatic rings. The molecule has 1 aliphatic rings. The van der Waals surface area contributed by atoms with Crippen LogP contribution in [0.25, 0.3) is 0 Å². The number of rotatable bonds is 3. The van der Waals surface area contributed by atoms with E-state index in [1.165, 1.54) is 0 Å². The molecular formula is C17H23N5O. The van der Waals surface area contributed by atoms with Crippen molar-refractivity contribution in [3.63, 3.8) is 0 Å². The summed E-state index contributed by atoms with van der Waals surface area (Å²) < 4.78 is 1.76. The third-order valence-electron chi connectivity index (χ3n) is 4.68. The summed E-state index contributed by atoms with van der Waals surface area (Å²) in [5.74, 6) is 1.45. The van der Waals surface area contributed by atoms with Gasteiger partial charge in [-0.2, -0.15) is 0 Å². The van der Waals surface area contributed by atoms with Crippen LogP contribution in [0.3, 0.4) is 0 Å². The lowest BCUT2D eigenvalue weighted by Crippen LogP contribution is -2.37. The van der Waals surface area contributed by atoms with Crippen LogP contribution >= 0.6 is 0 Å². The lowest BCUT2D eigenvalue weighted by atomic mass is 9.96. The zero-order valence-corrected chi connectivity index (χ0v) is 14.0. The summed E-state index contributed by atoms with van der Waals surface area (Å²) in [7, 11) is 0. The number of aromatic nitrogens is 4. The molecule has 23 heavy (non-hydrogen) atoms. The standard InChI is InChI=1S/C17H23N5O/c1-12-8-19-16(9-18-12)21-6-4-15(5-7-21)10-22-11-20-14(3)13(2)17(22)23/h8-9,11,15H,4-7,10H2,1-3H3. The molecular weight excluding hydrogens is 290 g/mol. The fourth-order valence-corrected chi connectivity index (χ4v) is 2.98. The van der Waals surface area contributed by atoms with Crippen molar-refractivity contribution in [2.24, 2.45) is 5.92 Å². The number of hydrogen-bond acceptors (Lipinski definition) is 5. The van der Waals surface area contributed by atoms with Crippen LogP contribution in [-0.4, -0.2) is 32.6 Å². The second-order valence-electron chi connectivity index (χ2n) is 6.36. The summed E-state index contributed by atoms with van der Waals surface area (Å²) in [6, 6.07) is 0. The minimum absolute atomic E-state index is 0.0873. The Morgan fingerprint density at radius 1 is 1.09 bits per heavy atom. The van der Waals surface area contributed by atoms with Crippen molar-refractivity contribution in [2.75, 3.05) is 18.0 Å². The molecule has 0 spiro atoms. The first-order valence-corrected chi connectivity index (χ1v) is 8.11. The summed E-state index contributed by atoms with van der Waals surface area (Å²) in [6.45, 7) is 8.32. The highest BCUT2D eigenvalue weighted by Crippen LogP contribution is 2.22. The molecule has 3 rings (SSSR count). The van der Waals surface area contributed by atoms with Gasteiger partial charge in [-0.15, -0.1) is 0 Å². The highest BCUT2D eigenvalue weighted by atomic mass is 16.1. The van der Waals surface area contributed by atoms with Crippen molar-refractivity contribution in [2.45, 2.75) is 40.2 Å². The Bertz CT molecular complexity index is 730. The first-order chi connectivity index (χ1) is 11.0. The van der Waals surface area contributed by atoms with Crippen LogP contribution in [-0.2, 0) is 6.54 Å². The molecule has 0 bridgehead atoms. The number of anilines is 1. The molecule has 0 saturated carbocycles. The van der Waals surface area contributed by atoms with E-state index in [1.54, 1.807) is 10.9 Å². The molecule has 1 saturated heterocycles. The fourth-order valence-electron chi connectivity index (χ4n) is 2.98. The Labute approximate surface area is 136 Å². The Morgan fingerprint density at radius 3 is 2.48 bits per heavy atom. The van der Waals surface area contributed by atoms with Crippen molar-refractivity contribution in [1.29, 1.82) is 0 Å². The monoisotopic (exact) mass is 313 g/mol. The minimum atomic E-state index is 0.0873. The maximum absolute atomic E-state index is 12.3. The molecule has 6 heteroatoms. The largest absolute Gasteiger partial charge is 0.355 e. The molecule has 1 fully saturated rings. The van der Waals surface area contributed by atoms with Crippen molar-refractivity contribution in [3.8, 4) is 0 Å². The van der Waals surface area contributed by atoms with Gasteiger partial charge in [0, 0.05) is 30.9 Å². The lowest BCUT2D eigenvalue weighted by molar-refractivity contribution is 0.349. The Balaban J connectivity index is 1.62. The van der Waals surface area contributed by atoms with Gasteiger partial charge in [-0.1, -0.05) is 0 Å². The van der Waals surface area contributed by atoms with Gasteiger partial charge in [0.25, 0.3) is 5.56 Å². The first kappa shape index (κ1) is 15.6. The molecule has 6 nitrogen and oxygen atoms in total. The van der Waals surface area contributed by atoms with Gasteiger partial charge < -0.3 is 4.90 Å². The Morgan fingerprint density at radius 2 is 1.83 bits per heavy atom. The second-order valence-corrected chi connectivity index (χ2v) is 6.36. The van der Waals surface area contributed by atoms with E-state index in [1.807, 2.05) is 33.2 Å². The van der Waals surface area contributed by atoms with Crippen LogP contribution in [0.4, 0.5) is 5.82 Å². The second kappa shape index (κ2) is 6.48. The van der Waals surface area contributed by atoms with Crippen molar-refractivity contribution >= 4 is 5.82 Å². The van der Waals surface area contributed by atoms with E-state index in [4.69, 9.17) is 0 Å². The molecule has 0 radical (unpaired) electrons. The number of nitrogens with zero attached hydrogens (tertiary/aromatic N) is 5. The van der Waals surface area contributed by atoms with E-state index >= 15 is 0 Å². The molecule has 3 heterocycles. The summed E-state index contributed by atoms with van der Waals surface area (Å²) >= 11 is 0. The quantitative estimate of drug-likeness (QED) is 0.865. The third kappa shape index (κ3) is 3.41. The van der Waals surface area contributed by atoms with E-state index in [9.17, 15) is 4.79 Å². The van der Waals surface area contributed by atoms with Gasteiger partial charge >= 0.3 is 0 Å². The van der Waals surface area contributed by atoms with E-state index in [0.29, 0.717) is 5.92 Å². The van der Waals surface area contributed by atoms with Crippen LogP contribution < -0.4 is 10.5 Å². The van der Waals surface area contributed by atoms with Crippen LogP contribution in [0, 0.1) is 26.7 Å². The van der Waals surface area contributed by atoms with Crippen molar-refractivity contribution in [1.82, 2.24) is 19.5 Å². The summed E-state index contributed by atoms with van der Waals surface area (Å²) in [5, 5.41) is 0. The maximum Gasteiger partial charge on any atom is 0.256 e. The molecule has 0 atom stereocenters. The molecule has 122 valence electrons. The predicted molar refractivity (Wildman–Crippen MR) is 89.7 cm³/mol. The lowest BCUT2D eigenvalue weighted by Gasteiger charge is -2.32. The molecule has 1 aliphatic heterocycles. The highest BCUT2D eigenvalue weighted by molar-refractivity contribution is 5.36. The number of hydrogen-bond donors (Lipinski definition) is 0. The Hall–Kier alpha value is -2.24. The summed E-state index contributed by atoms with van der Waals surface area (Å²) in [6.07, 6.45) is 7.43. The highest BCUT2D eigenvalue weighted by Gasteiger charge is 2.21. The number of piperidine rings is 1. The average molecular weight is 313 g/mol. The van der Waals surface area contributed by atoms with Gasteiger partial charge in [-0.05, 0) is 39.5 Å². The van der Waals surface area contributed by atoms with E-state index < -0.39 is 0 Å². The van der Waals surface area contributed by atoms with Gasteiger partial charge in [0.15, 0.2) is 0 Å².